The fraction of sp³-hybridized carbons (Fsp3) is 0.667. The molecule has 0 aromatic carbocycles. The van der Waals surface area contributed by atoms with E-state index in [-0.39, 0.29) is 6.04 Å². The zero-order valence-corrected chi connectivity index (χ0v) is 9.79. The van der Waals surface area contributed by atoms with Crippen LogP contribution in [0.2, 0.25) is 5.02 Å². The molecule has 3 N–H and O–H groups in total. The number of hydrogen-bond donors (Lipinski definition) is 2. The second-order valence-corrected chi connectivity index (χ2v) is 3.76. The van der Waals surface area contributed by atoms with Crippen LogP contribution in [0.1, 0.15) is 24.6 Å². The Balaban J connectivity index is 2.65. The summed E-state index contributed by atoms with van der Waals surface area (Å²) in [6, 6.07) is 0.0140. The number of halogens is 1. The van der Waals surface area contributed by atoms with Crippen LogP contribution in [-0.2, 0) is 11.8 Å². The van der Waals surface area contributed by atoms with E-state index in [9.17, 15) is 0 Å². The summed E-state index contributed by atoms with van der Waals surface area (Å²) in [6.07, 6.45) is 3.41. The Morgan fingerprint density at radius 2 is 2.47 bits per heavy atom. The molecule has 1 aromatic heterocycles. The number of hydrazine groups is 1. The lowest BCUT2D eigenvalue weighted by Gasteiger charge is -2.16. The van der Waals surface area contributed by atoms with E-state index in [0.29, 0.717) is 11.6 Å². The van der Waals surface area contributed by atoms with Crippen LogP contribution in [0.25, 0.3) is 0 Å². The number of nitrogens with zero attached hydrogens (tertiary/aromatic N) is 2. The summed E-state index contributed by atoms with van der Waals surface area (Å²) in [5.74, 6) is 5.49. The Hall–Kier alpha value is -0.620. The summed E-state index contributed by atoms with van der Waals surface area (Å²) in [7, 11) is 3.53. The van der Waals surface area contributed by atoms with Crippen molar-refractivity contribution in [2.24, 2.45) is 12.9 Å². The molecule has 5 nitrogen and oxygen atoms in total. The van der Waals surface area contributed by atoms with Gasteiger partial charge in [-0.1, -0.05) is 11.6 Å². The van der Waals surface area contributed by atoms with Crippen LogP contribution in [0, 0.1) is 0 Å². The minimum absolute atomic E-state index is 0.0140. The number of aromatic nitrogens is 2. The highest BCUT2D eigenvalue weighted by atomic mass is 35.5. The molecule has 1 aromatic rings. The SMILES string of the molecule is COCCCC(NN)c1c(Cl)cnn1C. The van der Waals surface area contributed by atoms with Crippen molar-refractivity contribution in [3.63, 3.8) is 0 Å². The van der Waals surface area contributed by atoms with Gasteiger partial charge in [-0.15, -0.1) is 0 Å². The molecule has 15 heavy (non-hydrogen) atoms. The third-order valence-corrected chi connectivity index (χ3v) is 2.60. The van der Waals surface area contributed by atoms with Crippen molar-refractivity contribution in [1.82, 2.24) is 15.2 Å². The number of rotatable bonds is 6. The van der Waals surface area contributed by atoms with Crippen molar-refractivity contribution < 1.29 is 4.74 Å². The molecule has 86 valence electrons. The summed E-state index contributed by atoms with van der Waals surface area (Å²) in [6.45, 7) is 0.716. The predicted molar refractivity (Wildman–Crippen MR) is 59.4 cm³/mol. The number of aryl methyl sites for hydroxylation is 1. The molecule has 0 aliphatic rings. The lowest BCUT2D eigenvalue weighted by Crippen LogP contribution is -2.30. The van der Waals surface area contributed by atoms with Gasteiger partial charge in [0, 0.05) is 20.8 Å². The highest BCUT2D eigenvalue weighted by Crippen LogP contribution is 2.24. The largest absolute Gasteiger partial charge is 0.385 e. The van der Waals surface area contributed by atoms with Gasteiger partial charge in [-0.25, -0.2) is 0 Å². The van der Waals surface area contributed by atoms with Crippen LogP contribution in [0.3, 0.4) is 0 Å². The van der Waals surface area contributed by atoms with Crippen LogP contribution in [-0.4, -0.2) is 23.5 Å². The molecule has 0 aliphatic carbocycles. The molecule has 0 amide bonds. The van der Waals surface area contributed by atoms with Crippen molar-refractivity contribution in [3.8, 4) is 0 Å². The molecule has 0 fully saturated rings. The van der Waals surface area contributed by atoms with E-state index in [2.05, 4.69) is 10.5 Å². The molecule has 1 rings (SSSR count). The van der Waals surface area contributed by atoms with Gasteiger partial charge in [-0.05, 0) is 12.8 Å². The van der Waals surface area contributed by atoms with Crippen molar-refractivity contribution >= 4 is 11.6 Å². The summed E-state index contributed by atoms with van der Waals surface area (Å²) in [4.78, 5) is 0. The van der Waals surface area contributed by atoms with E-state index >= 15 is 0 Å². The van der Waals surface area contributed by atoms with Gasteiger partial charge in [0.05, 0.1) is 23.0 Å². The Labute approximate surface area is 94.5 Å². The van der Waals surface area contributed by atoms with E-state index < -0.39 is 0 Å². The summed E-state index contributed by atoms with van der Waals surface area (Å²) in [5, 5.41) is 4.71. The van der Waals surface area contributed by atoms with Gasteiger partial charge in [-0.2, -0.15) is 5.10 Å². The van der Waals surface area contributed by atoms with Crippen molar-refractivity contribution in [3.05, 3.63) is 16.9 Å². The topological polar surface area (TPSA) is 65.1 Å². The fourth-order valence-corrected chi connectivity index (χ4v) is 1.84. The summed E-state index contributed by atoms with van der Waals surface area (Å²) in [5.41, 5.74) is 3.66. The number of nitrogens with one attached hydrogen (secondary N) is 1. The number of ether oxygens (including phenoxy) is 1. The molecular formula is C9H17ClN4O. The smallest absolute Gasteiger partial charge is 0.0834 e. The standard InChI is InChI=1S/C9H17ClN4O/c1-14-9(7(10)6-12-14)8(13-11)4-3-5-15-2/h6,8,13H,3-5,11H2,1-2H3. The Morgan fingerprint density at radius 3 is 2.93 bits per heavy atom. The second kappa shape index (κ2) is 6.07. The molecule has 6 heteroatoms. The predicted octanol–water partition coefficient (Wildman–Crippen LogP) is 1.00. The molecule has 1 unspecified atom stereocenters. The lowest BCUT2D eigenvalue weighted by molar-refractivity contribution is 0.188. The average molecular weight is 233 g/mol. The lowest BCUT2D eigenvalue weighted by atomic mass is 10.1. The summed E-state index contributed by atoms with van der Waals surface area (Å²) >= 11 is 6.02. The van der Waals surface area contributed by atoms with Crippen LogP contribution in [0.15, 0.2) is 6.20 Å². The molecule has 0 aliphatic heterocycles. The van der Waals surface area contributed by atoms with Crippen LogP contribution < -0.4 is 11.3 Å². The zero-order chi connectivity index (χ0) is 11.3. The zero-order valence-electron chi connectivity index (χ0n) is 9.03. The van der Waals surface area contributed by atoms with Gasteiger partial charge in [0.2, 0.25) is 0 Å². The maximum Gasteiger partial charge on any atom is 0.0834 e. The molecule has 0 saturated carbocycles. The number of methoxy groups -OCH3 is 1. The van der Waals surface area contributed by atoms with Gasteiger partial charge in [0.15, 0.2) is 0 Å². The minimum Gasteiger partial charge on any atom is -0.385 e. The van der Waals surface area contributed by atoms with Crippen molar-refractivity contribution in [1.29, 1.82) is 0 Å². The van der Waals surface area contributed by atoms with E-state index in [1.54, 1.807) is 18.0 Å². The van der Waals surface area contributed by atoms with Gasteiger partial charge < -0.3 is 4.74 Å². The molecule has 0 radical (unpaired) electrons. The van der Waals surface area contributed by atoms with Gasteiger partial charge in [0.1, 0.15) is 0 Å². The maximum absolute atomic E-state index is 6.02. The quantitative estimate of drug-likeness (QED) is 0.437. The Bertz CT molecular complexity index is 283. The molecule has 0 spiro atoms. The van der Waals surface area contributed by atoms with Gasteiger partial charge in [0.25, 0.3) is 0 Å². The molecule has 0 bridgehead atoms. The van der Waals surface area contributed by atoms with Gasteiger partial charge >= 0.3 is 0 Å². The first-order valence-corrected chi connectivity index (χ1v) is 5.21. The highest BCUT2D eigenvalue weighted by Gasteiger charge is 2.17. The third kappa shape index (κ3) is 3.17. The van der Waals surface area contributed by atoms with Gasteiger partial charge in [-0.3, -0.25) is 16.0 Å². The first-order chi connectivity index (χ1) is 7.20. The average Bonchev–Trinajstić information content (AvgIpc) is 2.55. The molecular weight excluding hydrogens is 216 g/mol. The van der Waals surface area contributed by atoms with Crippen LogP contribution in [0.4, 0.5) is 0 Å². The van der Waals surface area contributed by atoms with Crippen molar-refractivity contribution in [2.75, 3.05) is 13.7 Å². The first-order valence-electron chi connectivity index (χ1n) is 4.83. The monoisotopic (exact) mass is 232 g/mol. The van der Waals surface area contributed by atoms with E-state index in [1.807, 2.05) is 7.05 Å². The van der Waals surface area contributed by atoms with Crippen LogP contribution in [0.5, 0.6) is 0 Å². The number of hydrogen-bond acceptors (Lipinski definition) is 4. The third-order valence-electron chi connectivity index (χ3n) is 2.31. The van der Waals surface area contributed by atoms with Crippen LogP contribution >= 0.6 is 11.6 Å². The minimum atomic E-state index is 0.0140. The normalized spacial score (nSPS) is 13.1. The highest BCUT2D eigenvalue weighted by molar-refractivity contribution is 6.31. The van der Waals surface area contributed by atoms with E-state index in [1.165, 1.54) is 0 Å². The fourth-order valence-electron chi connectivity index (χ4n) is 1.54. The molecule has 1 heterocycles. The Morgan fingerprint density at radius 1 is 1.73 bits per heavy atom. The van der Waals surface area contributed by atoms with E-state index in [4.69, 9.17) is 22.2 Å². The molecule has 1 atom stereocenters. The summed E-state index contributed by atoms with van der Waals surface area (Å²) < 4.78 is 6.73. The van der Waals surface area contributed by atoms with Crippen molar-refractivity contribution in [2.45, 2.75) is 18.9 Å². The first kappa shape index (κ1) is 12.4. The number of nitrogens with two attached hydrogens (primary N) is 1. The van der Waals surface area contributed by atoms with E-state index in [0.717, 1.165) is 18.5 Å². The molecule has 0 saturated heterocycles. The Kier molecular flexibility index (Phi) is 5.04. The second-order valence-electron chi connectivity index (χ2n) is 3.36. The maximum atomic E-state index is 6.02.